The molecule has 4 nitrogen and oxygen atoms in total. The van der Waals surface area contributed by atoms with Gasteiger partial charge in [0.1, 0.15) is 0 Å². The number of aromatic nitrogens is 1. The van der Waals surface area contributed by atoms with Gasteiger partial charge in [0.15, 0.2) is 0 Å². The fourth-order valence-electron chi connectivity index (χ4n) is 2.33. The highest BCUT2D eigenvalue weighted by Gasteiger charge is 2.23. The molecular formula is C18H15BrN2O2S. The summed E-state index contributed by atoms with van der Waals surface area (Å²) < 4.78 is 29.1. The van der Waals surface area contributed by atoms with Gasteiger partial charge in [-0.25, -0.2) is 8.42 Å². The lowest BCUT2D eigenvalue weighted by Crippen LogP contribution is -2.30. The van der Waals surface area contributed by atoms with Crippen LogP contribution in [0.1, 0.15) is 17.3 Å². The van der Waals surface area contributed by atoms with Crippen molar-refractivity contribution in [2.24, 2.45) is 0 Å². The van der Waals surface area contributed by atoms with E-state index in [0.717, 1.165) is 10.0 Å². The van der Waals surface area contributed by atoms with Crippen molar-refractivity contribution in [3.63, 3.8) is 0 Å². The molecule has 0 radical (unpaired) electrons. The Bertz CT molecular complexity index is 859. The van der Waals surface area contributed by atoms with Gasteiger partial charge >= 0.3 is 0 Å². The van der Waals surface area contributed by atoms with Crippen LogP contribution in [0, 0.1) is 0 Å². The van der Waals surface area contributed by atoms with Crippen LogP contribution < -0.4 is 4.72 Å². The molecule has 1 heterocycles. The number of rotatable bonds is 5. The summed E-state index contributed by atoms with van der Waals surface area (Å²) in [5, 5.41) is 0. The van der Waals surface area contributed by atoms with E-state index < -0.39 is 16.1 Å². The van der Waals surface area contributed by atoms with Crippen LogP contribution >= 0.6 is 15.9 Å². The van der Waals surface area contributed by atoms with Crippen LogP contribution in [-0.4, -0.2) is 13.4 Å². The van der Waals surface area contributed by atoms with Gasteiger partial charge in [-0.15, -0.1) is 0 Å². The van der Waals surface area contributed by atoms with Crippen molar-refractivity contribution in [1.29, 1.82) is 0 Å². The Kier molecular flexibility index (Phi) is 5.08. The molecule has 2 aromatic carbocycles. The number of sulfonamides is 1. The molecule has 122 valence electrons. The smallest absolute Gasteiger partial charge is 0.241 e. The second-order valence-electron chi connectivity index (χ2n) is 5.17. The first kappa shape index (κ1) is 16.8. The van der Waals surface area contributed by atoms with E-state index in [4.69, 9.17) is 0 Å². The number of hydrogen-bond donors (Lipinski definition) is 1. The van der Waals surface area contributed by atoms with E-state index in [2.05, 4.69) is 25.6 Å². The summed E-state index contributed by atoms with van der Waals surface area (Å²) in [5.74, 6) is 0. The van der Waals surface area contributed by atoms with Crippen LogP contribution in [0.25, 0.3) is 0 Å². The van der Waals surface area contributed by atoms with Crippen LogP contribution in [0.15, 0.2) is 88.4 Å². The molecule has 0 spiro atoms. The van der Waals surface area contributed by atoms with Gasteiger partial charge in [-0.3, -0.25) is 4.98 Å². The molecule has 0 aliphatic carbocycles. The first-order valence-corrected chi connectivity index (χ1v) is 9.58. The maximum absolute atomic E-state index is 12.7. The third kappa shape index (κ3) is 3.90. The van der Waals surface area contributed by atoms with E-state index in [-0.39, 0.29) is 4.90 Å². The van der Waals surface area contributed by atoms with Crippen molar-refractivity contribution >= 4 is 26.0 Å². The highest BCUT2D eigenvalue weighted by Crippen LogP contribution is 2.23. The lowest BCUT2D eigenvalue weighted by atomic mass is 10.0. The standard InChI is InChI=1S/C18H15BrN2O2S/c19-15-9-11-16(12-10-15)24(22,23)21-18(14-6-2-1-3-7-14)17-8-4-5-13-20-17/h1-13,18,21H. The zero-order valence-corrected chi connectivity index (χ0v) is 15.0. The number of nitrogens with one attached hydrogen (secondary N) is 1. The van der Waals surface area contributed by atoms with Crippen molar-refractivity contribution in [1.82, 2.24) is 9.71 Å². The largest absolute Gasteiger partial charge is 0.259 e. The molecule has 1 unspecified atom stereocenters. The molecule has 3 aromatic rings. The molecule has 0 saturated carbocycles. The molecule has 3 rings (SSSR count). The minimum absolute atomic E-state index is 0.211. The topological polar surface area (TPSA) is 59.1 Å². The minimum atomic E-state index is -3.68. The Morgan fingerprint density at radius 1 is 0.875 bits per heavy atom. The molecule has 0 saturated heterocycles. The number of hydrogen-bond acceptors (Lipinski definition) is 3. The van der Waals surface area contributed by atoms with Crippen molar-refractivity contribution < 1.29 is 8.42 Å². The first-order chi connectivity index (χ1) is 11.6. The first-order valence-electron chi connectivity index (χ1n) is 7.30. The Balaban J connectivity index is 1.99. The Morgan fingerprint density at radius 3 is 2.17 bits per heavy atom. The molecule has 1 N–H and O–H groups in total. The SMILES string of the molecule is O=S(=O)(NC(c1ccccc1)c1ccccn1)c1ccc(Br)cc1. The molecule has 24 heavy (non-hydrogen) atoms. The fourth-order valence-corrected chi connectivity index (χ4v) is 3.79. The molecular weight excluding hydrogens is 388 g/mol. The second-order valence-corrected chi connectivity index (χ2v) is 7.80. The van der Waals surface area contributed by atoms with Crippen molar-refractivity contribution in [2.45, 2.75) is 10.9 Å². The van der Waals surface area contributed by atoms with Gasteiger partial charge in [0.25, 0.3) is 0 Å². The average molecular weight is 403 g/mol. The summed E-state index contributed by atoms with van der Waals surface area (Å²) in [5.41, 5.74) is 1.47. The molecule has 0 bridgehead atoms. The predicted octanol–water partition coefficient (Wildman–Crippen LogP) is 3.91. The highest BCUT2D eigenvalue weighted by atomic mass is 79.9. The summed E-state index contributed by atoms with van der Waals surface area (Å²) in [6.45, 7) is 0. The average Bonchev–Trinajstić information content (AvgIpc) is 2.62. The van der Waals surface area contributed by atoms with Crippen LogP contribution in [0.2, 0.25) is 0 Å². The molecule has 0 amide bonds. The monoisotopic (exact) mass is 402 g/mol. The van der Waals surface area contributed by atoms with Gasteiger partial charge in [0.05, 0.1) is 16.6 Å². The normalized spacial score (nSPS) is 12.7. The summed E-state index contributed by atoms with van der Waals surface area (Å²) in [4.78, 5) is 4.52. The van der Waals surface area contributed by atoms with Crippen LogP contribution in [0.4, 0.5) is 0 Å². The third-order valence-electron chi connectivity index (χ3n) is 3.51. The Hall–Kier alpha value is -2.02. The Morgan fingerprint density at radius 2 is 1.54 bits per heavy atom. The van der Waals surface area contributed by atoms with E-state index in [9.17, 15) is 8.42 Å². The summed E-state index contributed by atoms with van der Waals surface area (Å²) in [6.07, 6.45) is 1.65. The van der Waals surface area contributed by atoms with Crippen LogP contribution in [-0.2, 0) is 10.0 Å². The van der Waals surface area contributed by atoms with E-state index in [1.165, 1.54) is 0 Å². The number of nitrogens with zero attached hydrogens (tertiary/aromatic N) is 1. The highest BCUT2D eigenvalue weighted by molar-refractivity contribution is 9.10. The van der Waals surface area contributed by atoms with E-state index in [1.807, 2.05) is 42.5 Å². The van der Waals surface area contributed by atoms with Gasteiger partial charge in [-0.2, -0.15) is 4.72 Å². The summed E-state index contributed by atoms with van der Waals surface area (Å²) in [6, 6.07) is 20.8. The molecule has 0 aliphatic rings. The van der Waals surface area contributed by atoms with Crippen molar-refractivity contribution in [3.8, 4) is 0 Å². The molecule has 1 atom stereocenters. The number of benzene rings is 2. The van der Waals surface area contributed by atoms with Crippen LogP contribution in [0.3, 0.4) is 0 Å². The molecule has 0 fully saturated rings. The van der Waals surface area contributed by atoms with Crippen molar-refractivity contribution in [2.75, 3.05) is 0 Å². The predicted molar refractivity (Wildman–Crippen MR) is 97.0 cm³/mol. The Labute approximate surface area is 149 Å². The van der Waals surface area contributed by atoms with Crippen molar-refractivity contribution in [3.05, 3.63) is 94.7 Å². The van der Waals surface area contributed by atoms with E-state index >= 15 is 0 Å². The van der Waals surface area contributed by atoms with Gasteiger partial charge < -0.3 is 0 Å². The summed E-state index contributed by atoms with van der Waals surface area (Å²) >= 11 is 3.31. The lowest BCUT2D eigenvalue weighted by Gasteiger charge is -2.19. The van der Waals surface area contributed by atoms with Gasteiger partial charge in [-0.05, 0) is 42.0 Å². The van der Waals surface area contributed by atoms with E-state index in [0.29, 0.717) is 5.69 Å². The van der Waals surface area contributed by atoms with Gasteiger partial charge in [0.2, 0.25) is 10.0 Å². The maximum atomic E-state index is 12.7. The quantitative estimate of drug-likeness (QED) is 0.703. The third-order valence-corrected chi connectivity index (χ3v) is 5.48. The molecule has 1 aromatic heterocycles. The second kappa shape index (κ2) is 7.25. The number of pyridine rings is 1. The van der Waals surface area contributed by atoms with Gasteiger partial charge in [0, 0.05) is 10.7 Å². The zero-order valence-electron chi connectivity index (χ0n) is 12.6. The van der Waals surface area contributed by atoms with Crippen LogP contribution in [0.5, 0.6) is 0 Å². The van der Waals surface area contributed by atoms with Gasteiger partial charge in [-0.1, -0.05) is 52.3 Å². The zero-order chi connectivity index (χ0) is 17.0. The minimum Gasteiger partial charge on any atom is -0.259 e. The molecule has 6 heteroatoms. The number of halogens is 1. The fraction of sp³-hybridized carbons (Fsp3) is 0.0556. The summed E-state index contributed by atoms with van der Waals surface area (Å²) in [7, 11) is -3.68. The van der Waals surface area contributed by atoms with E-state index in [1.54, 1.807) is 36.5 Å². The maximum Gasteiger partial charge on any atom is 0.241 e. The lowest BCUT2D eigenvalue weighted by molar-refractivity contribution is 0.570. The molecule has 0 aliphatic heterocycles.